The number of nitrogens with zero attached hydrogens (tertiary/aromatic N) is 3. The van der Waals surface area contributed by atoms with Crippen molar-refractivity contribution < 1.29 is 14.5 Å². The molecule has 4 rings (SSSR count). The summed E-state index contributed by atoms with van der Waals surface area (Å²) < 4.78 is 5.74. The van der Waals surface area contributed by atoms with Crippen LogP contribution in [0.4, 0.5) is 11.4 Å². The van der Waals surface area contributed by atoms with Crippen LogP contribution < -0.4 is 9.64 Å². The zero-order chi connectivity index (χ0) is 22.7. The highest BCUT2D eigenvalue weighted by atomic mass is 32.1. The summed E-state index contributed by atoms with van der Waals surface area (Å²) in [4.78, 5) is 26.7. The normalized spacial score (nSPS) is 14.8. The highest BCUT2D eigenvalue weighted by Crippen LogP contribution is 2.28. The second-order valence-corrected chi connectivity index (χ2v) is 7.50. The molecule has 7 nitrogen and oxygen atoms in total. The van der Waals surface area contributed by atoms with Gasteiger partial charge in [-0.15, -0.1) is 0 Å². The topological polar surface area (TPSA) is 75.9 Å². The number of hydrogen-bond acceptors (Lipinski definition) is 5. The van der Waals surface area contributed by atoms with E-state index in [0.29, 0.717) is 22.1 Å². The van der Waals surface area contributed by atoms with Crippen molar-refractivity contribution in [2.45, 2.75) is 6.61 Å². The van der Waals surface area contributed by atoms with Gasteiger partial charge in [0.25, 0.3) is 11.6 Å². The number of thiocarbonyl (C=S) groups is 1. The Morgan fingerprint density at radius 1 is 1.03 bits per heavy atom. The summed E-state index contributed by atoms with van der Waals surface area (Å²) in [5.41, 5.74) is 2.76. The van der Waals surface area contributed by atoms with Gasteiger partial charge in [0.15, 0.2) is 5.11 Å². The van der Waals surface area contributed by atoms with E-state index in [-0.39, 0.29) is 18.2 Å². The van der Waals surface area contributed by atoms with Crippen LogP contribution in [0.5, 0.6) is 5.75 Å². The third-order valence-electron chi connectivity index (χ3n) is 4.99. The van der Waals surface area contributed by atoms with Crippen molar-refractivity contribution in [3.05, 3.63) is 106 Å². The molecule has 0 aromatic heterocycles. The number of rotatable bonds is 6. The first kappa shape index (κ1) is 21.2. The summed E-state index contributed by atoms with van der Waals surface area (Å²) in [6.45, 7) is 0.212. The van der Waals surface area contributed by atoms with E-state index in [1.807, 2.05) is 42.5 Å². The lowest BCUT2D eigenvalue weighted by atomic mass is 10.1. The zero-order valence-electron chi connectivity index (χ0n) is 17.2. The first-order chi connectivity index (χ1) is 15.4. The van der Waals surface area contributed by atoms with Crippen molar-refractivity contribution in [2.24, 2.45) is 0 Å². The standard InChI is InChI=1S/C24H19N3O4S/c1-25-22(23(28)26(24(25)32)19-7-3-2-4-8-19)15-17-10-12-21(13-11-17)31-16-18-6-5-9-20(14-18)27(29)30/h2-15H,16H2,1H3/b22-15-. The largest absolute Gasteiger partial charge is 0.489 e. The monoisotopic (exact) mass is 445 g/mol. The van der Waals surface area contributed by atoms with Gasteiger partial charge >= 0.3 is 0 Å². The molecule has 0 unspecified atom stereocenters. The number of ether oxygens (including phenoxy) is 1. The highest BCUT2D eigenvalue weighted by molar-refractivity contribution is 7.80. The molecule has 3 aromatic rings. The molecule has 0 atom stereocenters. The fourth-order valence-corrected chi connectivity index (χ4v) is 3.59. The summed E-state index contributed by atoms with van der Waals surface area (Å²) in [6, 6.07) is 22.9. The van der Waals surface area contributed by atoms with Crippen LogP contribution in [-0.4, -0.2) is 27.9 Å². The Hall–Kier alpha value is -4.04. The number of para-hydroxylation sites is 1. The van der Waals surface area contributed by atoms with Gasteiger partial charge in [0, 0.05) is 19.2 Å². The van der Waals surface area contributed by atoms with Crippen LogP contribution >= 0.6 is 12.2 Å². The van der Waals surface area contributed by atoms with Crippen molar-refractivity contribution in [1.29, 1.82) is 0 Å². The number of amides is 1. The summed E-state index contributed by atoms with van der Waals surface area (Å²) in [6.07, 6.45) is 1.78. The molecule has 1 aliphatic heterocycles. The molecular weight excluding hydrogens is 426 g/mol. The number of anilines is 1. The smallest absolute Gasteiger partial charge is 0.281 e. The maximum Gasteiger partial charge on any atom is 0.281 e. The van der Waals surface area contributed by atoms with Gasteiger partial charge in [-0.25, -0.2) is 0 Å². The van der Waals surface area contributed by atoms with E-state index in [1.54, 1.807) is 42.3 Å². The van der Waals surface area contributed by atoms with E-state index in [0.717, 1.165) is 11.3 Å². The molecule has 1 amide bonds. The third-order valence-corrected chi connectivity index (χ3v) is 5.44. The minimum absolute atomic E-state index is 0.0286. The van der Waals surface area contributed by atoms with Crippen molar-refractivity contribution in [2.75, 3.05) is 11.9 Å². The van der Waals surface area contributed by atoms with Crippen molar-refractivity contribution in [3.8, 4) is 5.75 Å². The van der Waals surface area contributed by atoms with Gasteiger partial charge in [-0.3, -0.25) is 19.8 Å². The van der Waals surface area contributed by atoms with Gasteiger partial charge in [-0.1, -0.05) is 42.5 Å². The van der Waals surface area contributed by atoms with Crippen LogP contribution in [0, 0.1) is 10.1 Å². The number of carbonyl (C=O) groups is 1. The Morgan fingerprint density at radius 2 is 1.75 bits per heavy atom. The fraction of sp³-hybridized carbons (Fsp3) is 0.0833. The van der Waals surface area contributed by atoms with Crippen LogP contribution in [0.2, 0.25) is 0 Å². The van der Waals surface area contributed by atoms with Gasteiger partial charge in [0.1, 0.15) is 18.1 Å². The molecule has 1 saturated heterocycles. The Morgan fingerprint density at radius 3 is 2.44 bits per heavy atom. The Balaban J connectivity index is 1.47. The lowest BCUT2D eigenvalue weighted by molar-refractivity contribution is -0.384. The molecule has 0 radical (unpaired) electrons. The third kappa shape index (κ3) is 4.35. The molecule has 1 heterocycles. The SMILES string of the molecule is CN1C(=S)N(c2ccccc2)C(=O)/C1=C/c1ccc(OCc2cccc([N+](=O)[O-])c2)cc1. The van der Waals surface area contributed by atoms with E-state index < -0.39 is 4.92 Å². The predicted octanol–water partition coefficient (Wildman–Crippen LogP) is 4.78. The van der Waals surface area contributed by atoms with Gasteiger partial charge < -0.3 is 9.64 Å². The number of nitro groups is 1. The highest BCUT2D eigenvalue weighted by Gasteiger charge is 2.36. The number of non-ortho nitro benzene ring substituents is 1. The minimum Gasteiger partial charge on any atom is -0.489 e. The summed E-state index contributed by atoms with van der Waals surface area (Å²) >= 11 is 5.47. The van der Waals surface area contributed by atoms with E-state index in [2.05, 4.69) is 0 Å². The number of likely N-dealkylation sites (N-methyl/N-ethyl adjacent to an activating group) is 1. The lowest BCUT2D eigenvalue weighted by Crippen LogP contribution is -2.30. The molecule has 1 fully saturated rings. The number of benzene rings is 3. The van der Waals surface area contributed by atoms with E-state index in [9.17, 15) is 14.9 Å². The van der Waals surface area contributed by atoms with Gasteiger partial charge in [0.2, 0.25) is 0 Å². The van der Waals surface area contributed by atoms with Crippen LogP contribution in [0.25, 0.3) is 6.08 Å². The van der Waals surface area contributed by atoms with Crippen molar-refractivity contribution >= 4 is 40.7 Å². The zero-order valence-corrected chi connectivity index (χ0v) is 18.0. The predicted molar refractivity (Wildman–Crippen MR) is 126 cm³/mol. The summed E-state index contributed by atoms with van der Waals surface area (Å²) in [5, 5.41) is 11.3. The Labute approximate surface area is 190 Å². The molecule has 3 aromatic carbocycles. The van der Waals surface area contributed by atoms with Crippen LogP contribution in [0.3, 0.4) is 0 Å². The quantitative estimate of drug-likeness (QED) is 0.235. The minimum atomic E-state index is -0.433. The van der Waals surface area contributed by atoms with Gasteiger partial charge in [-0.05, 0) is 53.7 Å². The average Bonchev–Trinajstić information content (AvgIpc) is 3.02. The molecule has 8 heteroatoms. The van der Waals surface area contributed by atoms with E-state index in [4.69, 9.17) is 17.0 Å². The molecular formula is C24H19N3O4S. The van der Waals surface area contributed by atoms with E-state index >= 15 is 0 Å². The second kappa shape index (κ2) is 8.99. The molecule has 0 N–H and O–H groups in total. The summed E-state index contributed by atoms with van der Waals surface area (Å²) in [5.74, 6) is 0.431. The second-order valence-electron chi connectivity index (χ2n) is 7.13. The molecule has 160 valence electrons. The van der Waals surface area contributed by atoms with E-state index in [1.165, 1.54) is 17.0 Å². The molecule has 1 aliphatic rings. The van der Waals surface area contributed by atoms with Gasteiger partial charge in [-0.2, -0.15) is 0 Å². The molecule has 0 aliphatic carbocycles. The fourth-order valence-electron chi connectivity index (χ4n) is 3.31. The number of hydrogen-bond donors (Lipinski definition) is 0. The molecule has 32 heavy (non-hydrogen) atoms. The maximum atomic E-state index is 13.0. The van der Waals surface area contributed by atoms with Gasteiger partial charge in [0.05, 0.1) is 10.6 Å². The maximum absolute atomic E-state index is 13.0. The number of nitro benzene ring substituents is 1. The number of carbonyl (C=O) groups excluding carboxylic acids is 1. The lowest BCUT2D eigenvalue weighted by Gasteiger charge is -2.16. The Kier molecular flexibility index (Phi) is 5.96. The Bertz CT molecular complexity index is 1210. The van der Waals surface area contributed by atoms with Crippen LogP contribution in [0.15, 0.2) is 84.6 Å². The molecule has 0 spiro atoms. The van der Waals surface area contributed by atoms with Crippen molar-refractivity contribution in [3.63, 3.8) is 0 Å². The molecule has 0 saturated carbocycles. The van der Waals surface area contributed by atoms with Crippen molar-refractivity contribution in [1.82, 2.24) is 4.90 Å². The average molecular weight is 446 g/mol. The molecule has 0 bridgehead atoms. The van der Waals surface area contributed by atoms with Crippen LogP contribution in [0.1, 0.15) is 11.1 Å². The first-order valence-electron chi connectivity index (χ1n) is 9.79. The first-order valence-corrected chi connectivity index (χ1v) is 10.2. The summed E-state index contributed by atoms with van der Waals surface area (Å²) in [7, 11) is 1.77. The van der Waals surface area contributed by atoms with Crippen LogP contribution in [-0.2, 0) is 11.4 Å².